The molecule has 9 rings (SSSR count). The van der Waals surface area contributed by atoms with Crippen molar-refractivity contribution in [2.45, 2.75) is 5.41 Å². The molecule has 42 heavy (non-hydrogen) atoms. The van der Waals surface area contributed by atoms with E-state index in [9.17, 15) is 0 Å². The predicted octanol–water partition coefficient (Wildman–Crippen LogP) is 11.2. The molecule has 196 valence electrons. The molecule has 8 aromatic rings. The lowest BCUT2D eigenvalue weighted by Gasteiger charge is -2.34. The lowest BCUT2D eigenvalue weighted by molar-refractivity contribution is 0.769. The van der Waals surface area contributed by atoms with Crippen molar-refractivity contribution < 1.29 is 0 Å². The first-order valence-corrected chi connectivity index (χ1v) is 15.3. The fourth-order valence-electron chi connectivity index (χ4n) is 7.43. The fourth-order valence-corrected chi connectivity index (χ4v) is 8.52. The van der Waals surface area contributed by atoms with Crippen LogP contribution in [0.4, 0.5) is 0 Å². The summed E-state index contributed by atoms with van der Waals surface area (Å²) in [7, 11) is 0. The van der Waals surface area contributed by atoms with Gasteiger partial charge in [0.25, 0.3) is 0 Å². The molecule has 1 aromatic heterocycles. The Morgan fingerprint density at radius 3 is 1.74 bits per heavy atom. The zero-order chi connectivity index (χ0) is 27.7. The Labute approximate surface area is 249 Å². The summed E-state index contributed by atoms with van der Waals surface area (Å²) in [4.78, 5) is 0. The van der Waals surface area contributed by atoms with Gasteiger partial charge in [-0.1, -0.05) is 133 Å². The summed E-state index contributed by atoms with van der Waals surface area (Å²) >= 11 is 1.88. The van der Waals surface area contributed by atoms with Crippen LogP contribution in [0.25, 0.3) is 53.2 Å². The fraction of sp³-hybridized carbons (Fsp3) is 0.0244. The maximum atomic E-state index is 2.51. The molecule has 0 spiro atoms. The van der Waals surface area contributed by atoms with E-state index < -0.39 is 5.41 Å². The second-order valence-electron chi connectivity index (χ2n) is 11.2. The van der Waals surface area contributed by atoms with Crippen LogP contribution in [0.15, 0.2) is 158 Å². The van der Waals surface area contributed by atoms with Gasteiger partial charge in [-0.3, -0.25) is 0 Å². The molecule has 1 aliphatic rings. The molecule has 1 heteroatoms. The number of thiophene rings is 1. The lowest BCUT2D eigenvalue weighted by atomic mass is 9.67. The SMILES string of the molecule is c1ccc(C2(c3ccccc3)c3ccccc3-c3c2cc(-c2ccc4sc5ccccc5c4c2)c2ccccc32)cc1. The van der Waals surface area contributed by atoms with Crippen molar-refractivity contribution in [1.82, 2.24) is 0 Å². The Morgan fingerprint density at radius 1 is 0.381 bits per heavy atom. The van der Waals surface area contributed by atoms with E-state index in [2.05, 4.69) is 158 Å². The molecule has 0 saturated carbocycles. The minimum atomic E-state index is -0.424. The van der Waals surface area contributed by atoms with Crippen molar-refractivity contribution >= 4 is 42.3 Å². The third-order valence-electron chi connectivity index (χ3n) is 9.15. The Kier molecular flexibility index (Phi) is 5.08. The average molecular weight is 551 g/mol. The van der Waals surface area contributed by atoms with Crippen molar-refractivity contribution in [3.05, 3.63) is 180 Å². The standard InChI is InChI=1S/C41H26S/c1-3-13-28(14-4-1)41(29-15-5-2-6-16-29)36-21-11-9-20-33(36)40-32-19-8-7-17-30(32)34(26-37(40)41)27-23-24-39-35(25-27)31-18-10-12-22-38(31)42-39/h1-26H. The van der Waals surface area contributed by atoms with Gasteiger partial charge in [0.05, 0.1) is 5.41 Å². The number of fused-ring (bicyclic) bond motifs is 8. The minimum Gasteiger partial charge on any atom is -0.135 e. The molecule has 1 aliphatic carbocycles. The van der Waals surface area contributed by atoms with Crippen molar-refractivity contribution in [2.24, 2.45) is 0 Å². The highest BCUT2D eigenvalue weighted by Crippen LogP contribution is 2.59. The summed E-state index contributed by atoms with van der Waals surface area (Å²) in [6.07, 6.45) is 0. The third-order valence-corrected chi connectivity index (χ3v) is 10.3. The van der Waals surface area contributed by atoms with E-state index in [1.54, 1.807) is 0 Å². The minimum absolute atomic E-state index is 0.424. The van der Waals surface area contributed by atoms with Gasteiger partial charge in [-0.25, -0.2) is 0 Å². The summed E-state index contributed by atoms with van der Waals surface area (Å²) in [5, 5.41) is 5.27. The molecular formula is C41H26S. The van der Waals surface area contributed by atoms with Gasteiger partial charge in [-0.2, -0.15) is 0 Å². The molecule has 0 unspecified atom stereocenters. The first kappa shape index (κ1) is 23.7. The highest BCUT2D eigenvalue weighted by Gasteiger charge is 2.46. The Morgan fingerprint density at radius 2 is 0.976 bits per heavy atom. The summed E-state index contributed by atoms with van der Waals surface area (Å²) in [5.41, 5.74) is 10.1. The van der Waals surface area contributed by atoms with Gasteiger partial charge in [0.2, 0.25) is 0 Å². The van der Waals surface area contributed by atoms with Gasteiger partial charge in [0.1, 0.15) is 0 Å². The van der Waals surface area contributed by atoms with Crippen molar-refractivity contribution in [2.75, 3.05) is 0 Å². The van der Waals surface area contributed by atoms with Crippen LogP contribution in [-0.2, 0) is 5.41 Å². The molecular weight excluding hydrogens is 525 g/mol. The van der Waals surface area contributed by atoms with Crippen molar-refractivity contribution in [3.63, 3.8) is 0 Å². The van der Waals surface area contributed by atoms with Gasteiger partial charge in [-0.15, -0.1) is 11.3 Å². The van der Waals surface area contributed by atoms with E-state index in [-0.39, 0.29) is 0 Å². The van der Waals surface area contributed by atoms with E-state index in [0.29, 0.717) is 0 Å². The van der Waals surface area contributed by atoms with Crippen LogP contribution < -0.4 is 0 Å². The van der Waals surface area contributed by atoms with Crippen LogP contribution in [0.1, 0.15) is 22.3 Å². The average Bonchev–Trinajstić information content (AvgIpc) is 3.59. The number of hydrogen-bond donors (Lipinski definition) is 0. The number of rotatable bonds is 3. The number of benzene rings is 7. The largest absolute Gasteiger partial charge is 0.135 e. The normalized spacial score (nSPS) is 13.4. The van der Waals surface area contributed by atoms with E-state index in [1.165, 1.54) is 75.5 Å². The summed E-state index contributed by atoms with van der Waals surface area (Å²) in [5.74, 6) is 0. The molecule has 0 amide bonds. The maximum absolute atomic E-state index is 2.51. The van der Waals surface area contributed by atoms with E-state index in [1.807, 2.05) is 11.3 Å². The topological polar surface area (TPSA) is 0 Å². The van der Waals surface area contributed by atoms with E-state index in [4.69, 9.17) is 0 Å². The van der Waals surface area contributed by atoms with Crippen LogP contribution in [0.5, 0.6) is 0 Å². The first-order chi connectivity index (χ1) is 20.8. The molecule has 0 N–H and O–H groups in total. The molecule has 0 radical (unpaired) electrons. The Hall–Kier alpha value is -4.98. The zero-order valence-corrected chi connectivity index (χ0v) is 23.7. The molecule has 0 saturated heterocycles. The van der Waals surface area contributed by atoms with Crippen LogP contribution in [0, 0.1) is 0 Å². The van der Waals surface area contributed by atoms with Crippen molar-refractivity contribution in [1.29, 1.82) is 0 Å². The van der Waals surface area contributed by atoms with Crippen LogP contribution in [-0.4, -0.2) is 0 Å². The molecule has 7 aromatic carbocycles. The van der Waals surface area contributed by atoms with E-state index >= 15 is 0 Å². The molecule has 0 atom stereocenters. The Balaban J connectivity index is 1.44. The second kappa shape index (κ2) is 9.01. The first-order valence-electron chi connectivity index (χ1n) is 14.5. The lowest BCUT2D eigenvalue weighted by Crippen LogP contribution is -2.28. The van der Waals surface area contributed by atoms with Crippen LogP contribution in [0.2, 0.25) is 0 Å². The van der Waals surface area contributed by atoms with Gasteiger partial charge < -0.3 is 0 Å². The zero-order valence-electron chi connectivity index (χ0n) is 22.9. The highest BCUT2D eigenvalue weighted by molar-refractivity contribution is 7.25. The molecule has 0 nitrogen and oxygen atoms in total. The maximum Gasteiger partial charge on any atom is 0.0714 e. The smallest absolute Gasteiger partial charge is 0.0714 e. The molecule has 1 heterocycles. The predicted molar refractivity (Wildman–Crippen MR) is 180 cm³/mol. The van der Waals surface area contributed by atoms with Gasteiger partial charge >= 0.3 is 0 Å². The van der Waals surface area contributed by atoms with E-state index in [0.717, 1.165) is 0 Å². The highest BCUT2D eigenvalue weighted by atomic mass is 32.1. The third kappa shape index (κ3) is 3.17. The molecule has 0 bridgehead atoms. The summed E-state index contributed by atoms with van der Waals surface area (Å²) in [6, 6.07) is 58.5. The monoisotopic (exact) mass is 550 g/mol. The Bertz CT molecular complexity index is 2250. The molecule has 0 fully saturated rings. The number of hydrogen-bond acceptors (Lipinski definition) is 1. The quantitative estimate of drug-likeness (QED) is 0.205. The van der Waals surface area contributed by atoms with Gasteiger partial charge in [0.15, 0.2) is 0 Å². The van der Waals surface area contributed by atoms with Crippen LogP contribution in [0.3, 0.4) is 0 Å². The van der Waals surface area contributed by atoms with Crippen molar-refractivity contribution in [3.8, 4) is 22.3 Å². The summed E-state index contributed by atoms with van der Waals surface area (Å²) < 4.78 is 2.67. The van der Waals surface area contributed by atoms with Gasteiger partial charge in [-0.05, 0) is 79.5 Å². The molecule has 0 aliphatic heterocycles. The van der Waals surface area contributed by atoms with Gasteiger partial charge in [0, 0.05) is 20.2 Å². The summed E-state index contributed by atoms with van der Waals surface area (Å²) in [6.45, 7) is 0. The second-order valence-corrected chi connectivity index (χ2v) is 12.3. The van der Waals surface area contributed by atoms with Crippen LogP contribution >= 0.6 is 11.3 Å².